The summed E-state index contributed by atoms with van der Waals surface area (Å²) in [5, 5.41) is 3.36. The Morgan fingerprint density at radius 1 is 1.75 bits per heavy atom. The highest BCUT2D eigenvalue weighted by atomic mass is 15.2. The number of aliphatic imine (C=N–C) groups is 1. The van der Waals surface area contributed by atoms with Gasteiger partial charge >= 0.3 is 0 Å². The highest BCUT2D eigenvalue weighted by molar-refractivity contribution is 5.80. The SMILES string of the molecule is CCC1CCCC12CN=C(N)N2. The lowest BCUT2D eigenvalue weighted by Gasteiger charge is -2.30. The van der Waals surface area contributed by atoms with Crippen molar-refractivity contribution in [2.75, 3.05) is 6.54 Å². The van der Waals surface area contributed by atoms with Crippen molar-refractivity contribution in [3.63, 3.8) is 0 Å². The minimum absolute atomic E-state index is 0.249. The number of rotatable bonds is 1. The van der Waals surface area contributed by atoms with Crippen LogP contribution in [-0.2, 0) is 0 Å². The zero-order valence-electron chi connectivity index (χ0n) is 7.64. The molecule has 0 radical (unpaired) electrons. The molecule has 1 aliphatic heterocycles. The Kier molecular flexibility index (Phi) is 1.74. The monoisotopic (exact) mass is 167 g/mol. The molecule has 2 atom stereocenters. The Morgan fingerprint density at radius 2 is 2.58 bits per heavy atom. The van der Waals surface area contributed by atoms with E-state index in [9.17, 15) is 0 Å². The van der Waals surface area contributed by atoms with Gasteiger partial charge in [0, 0.05) is 0 Å². The fourth-order valence-electron chi connectivity index (χ4n) is 2.67. The lowest BCUT2D eigenvalue weighted by Crippen LogP contribution is -2.50. The minimum Gasteiger partial charge on any atom is -0.370 e. The Hall–Kier alpha value is -0.730. The molecule has 0 bridgehead atoms. The van der Waals surface area contributed by atoms with Crippen LogP contribution in [0, 0.1) is 5.92 Å². The second kappa shape index (κ2) is 2.64. The first-order chi connectivity index (χ1) is 5.77. The van der Waals surface area contributed by atoms with Crippen molar-refractivity contribution in [1.82, 2.24) is 5.32 Å². The van der Waals surface area contributed by atoms with Crippen molar-refractivity contribution < 1.29 is 0 Å². The van der Waals surface area contributed by atoms with E-state index in [1.807, 2.05) is 0 Å². The molecule has 1 spiro atoms. The second-order valence-electron chi connectivity index (χ2n) is 3.98. The topological polar surface area (TPSA) is 50.4 Å². The smallest absolute Gasteiger partial charge is 0.189 e. The summed E-state index contributed by atoms with van der Waals surface area (Å²) in [6, 6.07) is 0. The lowest BCUT2D eigenvalue weighted by molar-refractivity contribution is 0.299. The van der Waals surface area contributed by atoms with Gasteiger partial charge in [-0.2, -0.15) is 0 Å². The van der Waals surface area contributed by atoms with Gasteiger partial charge in [-0.15, -0.1) is 0 Å². The van der Waals surface area contributed by atoms with Gasteiger partial charge in [-0.3, -0.25) is 4.99 Å². The molecule has 68 valence electrons. The van der Waals surface area contributed by atoms with Gasteiger partial charge in [0.05, 0.1) is 12.1 Å². The summed E-state index contributed by atoms with van der Waals surface area (Å²) >= 11 is 0. The standard InChI is InChI=1S/C9H17N3/c1-2-7-4-3-5-9(7)6-11-8(10)12-9/h7H,2-6H2,1H3,(H3,10,11,12). The van der Waals surface area contributed by atoms with Crippen molar-refractivity contribution in [2.24, 2.45) is 16.6 Å². The van der Waals surface area contributed by atoms with Gasteiger partial charge in [0.1, 0.15) is 0 Å². The lowest BCUT2D eigenvalue weighted by atomic mass is 9.86. The van der Waals surface area contributed by atoms with E-state index < -0.39 is 0 Å². The van der Waals surface area contributed by atoms with Crippen LogP contribution in [0.25, 0.3) is 0 Å². The third-order valence-corrected chi connectivity index (χ3v) is 3.36. The van der Waals surface area contributed by atoms with Gasteiger partial charge in [-0.1, -0.05) is 19.8 Å². The van der Waals surface area contributed by atoms with Crippen molar-refractivity contribution in [1.29, 1.82) is 0 Å². The molecule has 0 aromatic heterocycles. The summed E-state index contributed by atoms with van der Waals surface area (Å²) in [6.45, 7) is 3.16. The van der Waals surface area contributed by atoms with E-state index in [-0.39, 0.29) is 5.54 Å². The Balaban J connectivity index is 2.11. The molecule has 1 fully saturated rings. The summed E-state index contributed by atoms with van der Waals surface area (Å²) in [7, 11) is 0. The van der Waals surface area contributed by atoms with Crippen LogP contribution < -0.4 is 11.1 Å². The van der Waals surface area contributed by atoms with Crippen LogP contribution in [-0.4, -0.2) is 18.0 Å². The van der Waals surface area contributed by atoms with E-state index in [0.29, 0.717) is 5.96 Å². The number of nitrogens with one attached hydrogen (secondary N) is 1. The molecule has 2 unspecified atom stereocenters. The zero-order chi connectivity index (χ0) is 8.60. The first-order valence-corrected chi connectivity index (χ1v) is 4.85. The van der Waals surface area contributed by atoms with Gasteiger partial charge < -0.3 is 11.1 Å². The number of nitrogens with two attached hydrogens (primary N) is 1. The number of hydrogen-bond donors (Lipinski definition) is 2. The molecule has 12 heavy (non-hydrogen) atoms. The summed E-state index contributed by atoms with van der Waals surface area (Å²) in [5.74, 6) is 1.43. The Bertz CT molecular complexity index is 212. The van der Waals surface area contributed by atoms with Crippen LogP contribution in [0.15, 0.2) is 4.99 Å². The van der Waals surface area contributed by atoms with E-state index in [4.69, 9.17) is 5.73 Å². The molecule has 3 nitrogen and oxygen atoms in total. The van der Waals surface area contributed by atoms with Crippen LogP contribution in [0.5, 0.6) is 0 Å². The predicted molar refractivity (Wildman–Crippen MR) is 50.0 cm³/mol. The minimum atomic E-state index is 0.249. The second-order valence-corrected chi connectivity index (χ2v) is 3.98. The van der Waals surface area contributed by atoms with E-state index in [1.165, 1.54) is 25.7 Å². The van der Waals surface area contributed by atoms with Crippen LogP contribution in [0.1, 0.15) is 32.6 Å². The van der Waals surface area contributed by atoms with Crippen molar-refractivity contribution >= 4 is 5.96 Å². The maximum atomic E-state index is 5.65. The van der Waals surface area contributed by atoms with Gasteiger partial charge in [0.25, 0.3) is 0 Å². The molecular weight excluding hydrogens is 150 g/mol. The van der Waals surface area contributed by atoms with Crippen molar-refractivity contribution in [2.45, 2.75) is 38.1 Å². The van der Waals surface area contributed by atoms with Crippen molar-refractivity contribution in [3.05, 3.63) is 0 Å². The fraction of sp³-hybridized carbons (Fsp3) is 0.889. The largest absolute Gasteiger partial charge is 0.370 e. The molecule has 1 heterocycles. The summed E-state index contributed by atoms with van der Waals surface area (Å²) < 4.78 is 0. The molecule has 1 aliphatic carbocycles. The van der Waals surface area contributed by atoms with Gasteiger partial charge in [-0.25, -0.2) is 0 Å². The molecular formula is C9H17N3. The summed E-state index contributed by atoms with van der Waals surface area (Å²) in [4.78, 5) is 4.25. The molecule has 2 aliphatic rings. The molecule has 0 aromatic rings. The summed E-state index contributed by atoms with van der Waals surface area (Å²) in [6.07, 6.45) is 5.16. The molecule has 0 saturated heterocycles. The Labute approximate surface area is 73.4 Å². The molecule has 3 N–H and O–H groups in total. The quantitative estimate of drug-likeness (QED) is 0.608. The maximum absolute atomic E-state index is 5.65. The molecule has 1 saturated carbocycles. The highest BCUT2D eigenvalue weighted by Crippen LogP contribution is 2.39. The van der Waals surface area contributed by atoms with E-state index >= 15 is 0 Å². The maximum Gasteiger partial charge on any atom is 0.189 e. The molecule has 0 amide bonds. The average molecular weight is 167 g/mol. The Morgan fingerprint density at radius 3 is 3.17 bits per heavy atom. The van der Waals surface area contributed by atoms with E-state index in [1.54, 1.807) is 0 Å². The normalized spacial score (nSPS) is 40.1. The molecule has 0 aromatic carbocycles. The predicted octanol–water partition coefficient (Wildman–Crippen LogP) is 0.853. The van der Waals surface area contributed by atoms with Gasteiger partial charge in [-0.05, 0) is 18.8 Å². The summed E-state index contributed by atoms with van der Waals surface area (Å²) in [5.41, 5.74) is 5.89. The van der Waals surface area contributed by atoms with Gasteiger partial charge in [0.2, 0.25) is 0 Å². The van der Waals surface area contributed by atoms with Crippen LogP contribution >= 0.6 is 0 Å². The number of hydrogen-bond acceptors (Lipinski definition) is 3. The van der Waals surface area contributed by atoms with Crippen LogP contribution in [0.3, 0.4) is 0 Å². The zero-order valence-corrected chi connectivity index (χ0v) is 7.64. The third kappa shape index (κ3) is 0.993. The van der Waals surface area contributed by atoms with Gasteiger partial charge in [0.15, 0.2) is 5.96 Å². The fourth-order valence-corrected chi connectivity index (χ4v) is 2.67. The third-order valence-electron chi connectivity index (χ3n) is 3.36. The average Bonchev–Trinajstić information content (AvgIpc) is 2.60. The van der Waals surface area contributed by atoms with Crippen LogP contribution in [0.2, 0.25) is 0 Å². The molecule has 3 heteroatoms. The number of nitrogens with zero attached hydrogens (tertiary/aromatic N) is 1. The van der Waals surface area contributed by atoms with Crippen LogP contribution in [0.4, 0.5) is 0 Å². The van der Waals surface area contributed by atoms with E-state index in [0.717, 1.165) is 12.5 Å². The first-order valence-electron chi connectivity index (χ1n) is 4.85. The van der Waals surface area contributed by atoms with Crippen molar-refractivity contribution in [3.8, 4) is 0 Å². The number of guanidine groups is 1. The highest BCUT2D eigenvalue weighted by Gasteiger charge is 2.44. The first kappa shape index (κ1) is 7.90. The van der Waals surface area contributed by atoms with E-state index in [2.05, 4.69) is 17.2 Å². The molecule has 2 rings (SSSR count).